The largest absolute Gasteiger partial charge is 0.444 e. The van der Waals surface area contributed by atoms with Gasteiger partial charge in [-0.15, -0.1) is 0 Å². The van der Waals surface area contributed by atoms with E-state index in [9.17, 15) is 4.79 Å². The molecule has 1 saturated heterocycles. The second-order valence-electron chi connectivity index (χ2n) is 6.27. The topological polar surface area (TPSA) is 50.4 Å². The number of carbonyl (C=O) groups excluding carboxylic acids is 1. The van der Waals surface area contributed by atoms with Gasteiger partial charge < -0.3 is 15.4 Å². The first-order chi connectivity index (χ1) is 7.96. The van der Waals surface area contributed by atoms with Crippen LogP contribution in [-0.4, -0.2) is 30.8 Å². The first-order valence-electron chi connectivity index (χ1n) is 6.66. The zero-order valence-electron chi connectivity index (χ0n) is 11.1. The van der Waals surface area contributed by atoms with Crippen LogP contribution in [0.15, 0.2) is 0 Å². The van der Waals surface area contributed by atoms with Crippen molar-refractivity contribution in [3.63, 3.8) is 0 Å². The minimum Gasteiger partial charge on any atom is -0.444 e. The highest BCUT2D eigenvalue weighted by Crippen LogP contribution is 2.32. The third-order valence-electron chi connectivity index (χ3n) is 3.70. The SMILES string of the molecule is CC(C)(C)OC(=O)N[C@H]1CCC[C@@H]2CNC[C@H]21. The summed E-state index contributed by atoms with van der Waals surface area (Å²) in [6.45, 7) is 7.83. The number of ether oxygens (including phenoxy) is 1. The van der Waals surface area contributed by atoms with Gasteiger partial charge in [-0.25, -0.2) is 4.79 Å². The van der Waals surface area contributed by atoms with E-state index in [2.05, 4.69) is 10.6 Å². The van der Waals surface area contributed by atoms with Crippen LogP contribution in [0.5, 0.6) is 0 Å². The maximum absolute atomic E-state index is 11.8. The Morgan fingerprint density at radius 1 is 1.29 bits per heavy atom. The summed E-state index contributed by atoms with van der Waals surface area (Å²) in [5.41, 5.74) is -0.411. The predicted molar refractivity (Wildman–Crippen MR) is 66.9 cm³/mol. The van der Waals surface area contributed by atoms with Gasteiger partial charge in [-0.05, 0) is 52.0 Å². The molecule has 2 aliphatic rings. The molecule has 0 aromatic rings. The van der Waals surface area contributed by atoms with E-state index in [0.717, 1.165) is 25.4 Å². The minimum atomic E-state index is -0.411. The van der Waals surface area contributed by atoms with Crippen molar-refractivity contribution in [3.8, 4) is 0 Å². The van der Waals surface area contributed by atoms with E-state index in [1.165, 1.54) is 12.8 Å². The smallest absolute Gasteiger partial charge is 0.407 e. The molecule has 2 rings (SSSR count). The quantitative estimate of drug-likeness (QED) is 0.736. The van der Waals surface area contributed by atoms with E-state index in [4.69, 9.17) is 4.74 Å². The van der Waals surface area contributed by atoms with E-state index < -0.39 is 5.60 Å². The maximum Gasteiger partial charge on any atom is 0.407 e. The molecule has 0 bridgehead atoms. The van der Waals surface area contributed by atoms with Crippen molar-refractivity contribution >= 4 is 6.09 Å². The molecule has 1 aliphatic heterocycles. The molecule has 17 heavy (non-hydrogen) atoms. The summed E-state index contributed by atoms with van der Waals surface area (Å²) in [4.78, 5) is 11.8. The van der Waals surface area contributed by atoms with Crippen LogP contribution in [0.3, 0.4) is 0 Å². The van der Waals surface area contributed by atoms with E-state index in [0.29, 0.717) is 12.0 Å². The van der Waals surface area contributed by atoms with Crippen LogP contribution in [0.4, 0.5) is 4.79 Å². The number of rotatable bonds is 1. The number of amides is 1. The highest BCUT2D eigenvalue weighted by molar-refractivity contribution is 5.68. The van der Waals surface area contributed by atoms with Gasteiger partial charge in [0.2, 0.25) is 0 Å². The Kier molecular flexibility index (Phi) is 3.61. The number of alkyl carbamates (subject to hydrolysis) is 1. The number of fused-ring (bicyclic) bond motifs is 1. The molecule has 4 heteroatoms. The van der Waals surface area contributed by atoms with Crippen molar-refractivity contribution in [3.05, 3.63) is 0 Å². The third-order valence-corrected chi connectivity index (χ3v) is 3.70. The molecule has 0 aromatic carbocycles. The lowest BCUT2D eigenvalue weighted by Gasteiger charge is -2.34. The van der Waals surface area contributed by atoms with Crippen LogP contribution >= 0.6 is 0 Å². The van der Waals surface area contributed by atoms with Crippen LogP contribution in [0.2, 0.25) is 0 Å². The molecular weight excluding hydrogens is 216 g/mol. The van der Waals surface area contributed by atoms with Gasteiger partial charge in [-0.2, -0.15) is 0 Å². The molecule has 1 heterocycles. The summed E-state index contributed by atoms with van der Waals surface area (Å²) in [5, 5.41) is 6.47. The zero-order chi connectivity index (χ0) is 12.5. The van der Waals surface area contributed by atoms with Crippen molar-refractivity contribution in [1.82, 2.24) is 10.6 Å². The van der Waals surface area contributed by atoms with Crippen molar-refractivity contribution in [2.24, 2.45) is 11.8 Å². The Hall–Kier alpha value is -0.770. The van der Waals surface area contributed by atoms with Crippen LogP contribution in [0, 0.1) is 11.8 Å². The maximum atomic E-state index is 11.8. The molecule has 1 saturated carbocycles. The minimum absolute atomic E-state index is 0.268. The van der Waals surface area contributed by atoms with Gasteiger partial charge in [-0.1, -0.05) is 6.42 Å². The summed E-state index contributed by atoms with van der Waals surface area (Å²) < 4.78 is 5.32. The normalized spacial score (nSPS) is 33.0. The van der Waals surface area contributed by atoms with Gasteiger partial charge in [0.05, 0.1) is 0 Å². The molecule has 0 spiro atoms. The second kappa shape index (κ2) is 4.84. The van der Waals surface area contributed by atoms with Gasteiger partial charge >= 0.3 is 6.09 Å². The standard InChI is InChI=1S/C13H24N2O2/c1-13(2,3)17-12(16)15-11-6-4-5-9-7-14-8-10(9)11/h9-11,14H,4-8H2,1-3H3,(H,15,16)/t9-,10-,11+/m1/s1. The van der Waals surface area contributed by atoms with E-state index >= 15 is 0 Å². The number of carbonyl (C=O) groups is 1. The molecule has 4 nitrogen and oxygen atoms in total. The molecule has 1 amide bonds. The average molecular weight is 240 g/mol. The van der Waals surface area contributed by atoms with E-state index in [1.54, 1.807) is 0 Å². The van der Waals surface area contributed by atoms with Crippen molar-refractivity contribution in [2.75, 3.05) is 13.1 Å². The highest BCUT2D eigenvalue weighted by atomic mass is 16.6. The molecule has 2 fully saturated rings. The Bertz CT molecular complexity index is 286. The van der Waals surface area contributed by atoms with Crippen LogP contribution in [-0.2, 0) is 4.74 Å². The van der Waals surface area contributed by atoms with Crippen LogP contribution in [0.1, 0.15) is 40.0 Å². The van der Waals surface area contributed by atoms with Crippen LogP contribution < -0.4 is 10.6 Å². The summed E-state index contributed by atoms with van der Waals surface area (Å²) in [6.07, 6.45) is 3.32. The van der Waals surface area contributed by atoms with Crippen LogP contribution in [0.25, 0.3) is 0 Å². The van der Waals surface area contributed by atoms with Gasteiger partial charge in [0.15, 0.2) is 0 Å². The average Bonchev–Trinajstić information content (AvgIpc) is 2.63. The lowest BCUT2D eigenvalue weighted by Crippen LogP contribution is -2.47. The first-order valence-corrected chi connectivity index (χ1v) is 6.66. The number of hydrogen-bond acceptors (Lipinski definition) is 3. The van der Waals surface area contributed by atoms with Gasteiger partial charge in [0.1, 0.15) is 5.60 Å². The van der Waals surface area contributed by atoms with E-state index in [-0.39, 0.29) is 6.09 Å². The molecule has 0 aromatic heterocycles. The highest BCUT2D eigenvalue weighted by Gasteiger charge is 2.37. The van der Waals surface area contributed by atoms with Gasteiger partial charge in [0, 0.05) is 12.6 Å². The summed E-state index contributed by atoms with van der Waals surface area (Å²) >= 11 is 0. The molecule has 98 valence electrons. The molecule has 0 unspecified atom stereocenters. The van der Waals surface area contributed by atoms with Gasteiger partial charge in [-0.3, -0.25) is 0 Å². The molecule has 1 aliphatic carbocycles. The second-order valence-corrected chi connectivity index (χ2v) is 6.27. The molecular formula is C13H24N2O2. The molecule has 0 radical (unpaired) electrons. The zero-order valence-corrected chi connectivity index (χ0v) is 11.1. The number of hydrogen-bond donors (Lipinski definition) is 2. The fourth-order valence-corrected chi connectivity index (χ4v) is 2.99. The van der Waals surface area contributed by atoms with Crippen molar-refractivity contribution in [2.45, 2.75) is 51.7 Å². The van der Waals surface area contributed by atoms with E-state index in [1.807, 2.05) is 20.8 Å². The lowest BCUT2D eigenvalue weighted by atomic mass is 9.78. The monoisotopic (exact) mass is 240 g/mol. The lowest BCUT2D eigenvalue weighted by molar-refractivity contribution is 0.0461. The summed E-state index contributed by atoms with van der Waals surface area (Å²) in [7, 11) is 0. The fourth-order valence-electron chi connectivity index (χ4n) is 2.99. The summed E-state index contributed by atoms with van der Waals surface area (Å²) in [5.74, 6) is 1.33. The fraction of sp³-hybridized carbons (Fsp3) is 0.923. The molecule has 2 N–H and O–H groups in total. The van der Waals surface area contributed by atoms with Crippen molar-refractivity contribution in [1.29, 1.82) is 0 Å². The Morgan fingerprint density at radius 3 is 2.76 bits per heavy atom. The summed E-state index contributed by atoms with van der Waals surface area (Å²) in [6, 6.07) is 0.290. The molecule has 3 atom stereocenters. The predicted octanol–water partition coefficient (Wildman–Crippen LogP) is 1.90. The number of nitrogens with one attached hydrogen (secondary N) is 2. The van der Waals surface area contributed by atoms with Gasteiger partial charge in [0.25, 0.3) is 0 Å². The first kappa shape index (κ1) is 12.7. The van der Waals surface area contributed by atoms with Crippen molar-refractivity contribution < 1.29 is 9.53 Å². The Morgan fingerprint density at radius 2 is 2.06 bits per heavy atom. The Balaban J connectivity index is 1.87. The third kappa shape index (κ3) is 3.35. The Labute approximate surface area is 103 Å².